The molecular weight excluding hydrogens is 428 g/mol. The van der Waals surface area contributed by atoms with Gasteiger partial charge in [0.25, 0.3) is 0 Å². The third-order valence-electron chi connectivity index (χ3n) is 12.1. The lowest BCUT2D eigenvalue weighted by Crippen LogP contribution is -2.48. The Labute approximate surface area is 218 Å². The van der Waals surface area contributed by atoms with Gasteiger partial charge in [0.2, 0.25) is 0 Å². The Morgan fingerprint density at radius 1 is 0.857 bits per heavy atom. The second kappa shape index (κ2) is 12.2. The third-order valence-corrected chi connectivity index (χ3v) is 12.1. The Kier molecular flexibility index (Phi) is 9.70. The maximum absolute atomic E-state index is 6.34. The summed E-state index contributed by atoms with van der Waals surface area (Å²) in [5.41, 5.74) is 6.76. The van der Waals surface area contributed by atoms with Crippen molar-refractivity contribution in [2.75, 3.05) is 26.2 Å². The van der Waals surface area contributed by atoms with Gasteiger partial charge in [-0.25, -0.2) is 0 Å². The molecule has 3 heteroatoms. The van der Waals surface area contributed by atoms with Gasteiger partial charge in [0.05, 0.1) is 12.7 Å². The highest BCUT2D eigenvalue weighted by Gasteiger charge is 2.56. The Balaban J connectivity index is 1.35. The van der Waals surface area contributed by atoms with E-state index < -0.39 is 0 Å². The summed E-state index contributed by atoms with van der Waals surface area (Å²) in [5.74, 6) is 6.59. The fourth-order valence-electron chi connectivity index (χ4n) is 9.93. The van der Waals surface area contributed by atoms with E-state index in [0.717, 1.165) is 61.1 Å². The first-order valence-electron chi connectivity index (χ1n) is 15.8. The van der Waals surface area contributed by atoms with Crippen molar-refractivity contribution in [1.29, 1.82) is 0 Å². The Bertz CT molecular complexity index is 651. The summed E-state index contributed by atoms with van der Waals surface area (Å²) < 4.78 is 6.34. The molecule has 0 aromatic rings. The lowest BCUT2D eigenvalue weighted by Gasteiger charge is -2.55. The van der Waals surface area contributed by atoms with Gasteiger partial charge in [-0.15, -0.1) is 0 Å². The number of fused-ring (bicyclic) bond motifs is 4. The highest BCUT2D eigenvalue weighted by Crippen LogP contribution is 2.65. The van der Waals surface area contributed by atoms with Crippen LogP contribution in [0.5, 0.6) is 0 Å². The molecule has 4 rings (SSSR count). The predicted molar refractivity (Wildman–Crippen MR) is 149 cm³/mol. The molecular formula is C32H60N2O. The summed E-state index contributed by atoms with van der Waals surface area (Å²) >= 11 is 0. The van der Waals surface area contributed by atoms with Crippen molar-refractivity contribution >= 4 is 0 Å². The molecule has 0 aromatic carbocycles. The van der Waals surface area contributed by atoms with Gasteiger partial charge < -0.3 is 15.8 Å². The first-order valence-corrected chi connectivity index (χ1v) is 15.8. The average molecular weight is 489 g/mol. The van der Waals surface area contributed by atoms with Crippen LogP contribution in [0.1, 0.15) is 118 Å². The molecule has 4 aliphatic carbocycles. The fraction of sp³-hybridized carbons (Fsp3) is 1.00. The second-order valence-electron chi connectivity index (χ2n) is 14.4. The molecule has 0 bridgehead atoms. The standard InChI is InChI=1S/C32H60N2O/c1-23(2)7-6-8-24(3)29-12-11-26-21-25-9-10-27-22-28(35-20-19-34-18-17-33)13-15-32(27,5)30(25)14-16-31(26,29)4/h23-30,34H,6-22,33H2,1-5H3/t24-,25?,26+,27+,28+,29-,30+,31+,32+/m1/s1. The van der Waals surface area contributed by atoms with E-state index in [4.69, 9.17) is 10.5 Å². The van der Waals surface area contributed by atoms with Crippen LogP contribution >= 0.6 is 0 Å². The highest BCUT2D eigenvalue weighted by molar-refractivity contribution is 5.06. The number of ether oxygens (including phenoxy) is 1. The van der Waals surface area contributed by atoms with Gasteiger partial charge in [-0.2, -0.15) is 0 Å². The van der Waals surface area contributed by atoms with Crippen LogP contribution < -0.4 is 11.1 Å². The van der Waals surface area contributed by atoms with Crippen LogP contribution in [0.3, 0.4) is 0 Å². The Morgan fingerprint density at radius 3 is 2.37 bits per heavy atom. The van der Waals surface area contributed by atoms with Gasteiger partial charge in [-0.3, -0.25) is 0 Å². The molecule has 0 saturated heterocycles. The van der Waals surface area contributed by atoms with Crippen molar-refractivity contribution in [3.8, 4) is 0 Å². The topological polar surface area (TPSA) is 47.3 Å². The van der Waals surface area contributed by atoms with Gasteiger partial charge in [0.15, 0.2) is 0 Å². The van der Waals surface area contributed by atoms with Gasteiger partial charge in [0.1, 0.15) is 0 Å². The average Bonchev–Trinajstić information content (AvgIpc) is 3.05. The van der Waals surface area contributed by atoms with E-state index in [-0.39, 0.29) is 0 Å². The van der Waals surface area contributed by atoms with E-state index in [9.17, 15) is 0 Å². The molecule has 0 amide bonds. The molecule has 4 fully saturated rings. The van der Waals surface area contributed by atoms with Crippen molar-refractivity contribution in [3.63, 3.8) is 0 Å². The van der Waals surface area contributed by atoms with Crippen molar-refractivity contribution in [2.45, 2.75) is 124 Å². The molecule has 0 spiro atoms. The van der Waals surface area contributed by atoms with E-state index in [1.807, 2.05) is 0 Å². The molecule has 4 saturated carbocycles. The van der Waals surface area contributed by atoms with Crippen LogP contribution in [0, 0.1) is 52.3 Å². The number of hydrogen-bond acceptors (Lipinski definition) is 3. The summed E-state index contributed by atoms with van der Waals surface area (Å²) in [4.78, 5) is 0. The second-order valence-corrected chi connectivity index (χ2v) is 14.4. The summed E-state index contributed by atoms with van der Waals surface area (Å²) in [7, 11) is 0. The minimum absolute atomic E-state index is 0.489. The molecule has 4 aliphatic rings. The zero-order valence-corrected chi connectivity index (χ0v) is 24.1. The number of hydrogen-bond donors (Lipinski definition) is 2. The summed E-state index contributed by atoms with van der Waals surface area (Å²) in [6.45, 7) is 16.2. The van der Waals surface area contributed by atoms with Gasteiger partial charge in [-0.05, 0) is 116 Å². The van der Waals surface area contributed by atoms with E-state index in [0.29, 0.717) is 23.5 Å². The molecule has 35 heavy (non-hydrogen) atoms. The monoisotopic (exact) mass is 488 g/mol. The van der Waals surface area contributed by atoms with Crippen LogP contribution in [0.4, 0.5) is 0 Å². The molecule has 0 aromatic heterocycles. The smallest absolute Gasteiger partial charge is 0.0594 e. The normalized spacial score (nSPS) is 42.3. The molecule has 0 radical (unpaired) electrons. The van der Waals surface area contributed by atoms with Crippen molar-refractivity contribution in [2.24, 2.45) is 58.0 Å². The Morgan fingerprint density at radius 2 is 1.60 bits per heavy atom. The summed E-state index contributed by atoms with van der Waals surface area (Å²) in [5, 5.41) is 3.38. The van der Waals surface area contributed by atoms with Crippen LogP contribution in [0.15, 0.2) is 0 Å². The largest absolute Gasteiger partial charge is 0.377 e. The SMILES string of the molecule is CC(C)CCC[C@@H](C)[C@H]1CC[C@H]2CC3CC[C@H]4C[C@@H](OCCNCCN)CC[C@]4(C)[C@H]3CC[C@@]21C. The maximum atomic E-state index is 6.34. The highest BCUT2D eigenvalue weighted by atomic mass is 16.5. The lowest BCUT2D eigenvalue weighted by atomic mass is 9.51. The van der Waals surface area contributed by atoms with Crippen LogP contribution in [0.2, 0.25) is 0 Å². The van der Waals surface area contributed by atoms with Crippen molar-refractivity contribution < 1.29 is 4.74 Å². The molecule has 204 valence electrons. The zero-order chi connectivity index (χ0) is 25.1. The maximum Gasteiger partial charge on any atom is 0.0594 e. The van der Waals surface area contributed by atoms with E-state index in [2.05, 4.69) is 39.9 Å². The number of rotatable bonds is 11. The van der Waals surface area contributed by atoms with E-state index in [1.54, 1.807) is 6.42 Å². The molecule has 3 nitrogen and oxygen atoms in total. The molecule has 0 heterocycles. The van der Waals surface area contributed by atoms with Crippen LogP contribution in [0.25, 0.3) is 0 Å². The summed E-state index contributed by atoms with van der Waals surface area (Å²) in [6, 6.07) is 0. The Hall–Kier alpha value is -0.120. The summed E-state index contributed by atoms with van der Waals surface area (Å²) in [6.07, 6.45) is 19.3. The molecule has 9 atom stereocenters. The predicted octanol–water partition coefficient (Wildman–Crippen LogP) is 7.43. The lowest BCUT2D eigenvalue weighted by molar-refractivity contribution is -0.0923. The molecule has 0 aliphatic heterocycles. The van der Waals surface area contributed by atoms with Crippen LogP contribution in [-0.4, -0.2) is 32.3 Å². The number of nitrogens with two attached hydrogens (primary N) is 1. The van der Waals surface area contributed by atoms with Gasteiger partial charge in [0, 0.05) is 19.6 Å². The number of nitrogens with one attached hydrogen (secondary N) is 1. The molecule has 1 unspecified atom stereocenters. The fourth-order valence-corrected chi connectivity index (χ4v) is 9.93. The first-order chi connectivity index (χ1) is 16.8. The zero-order valence-electron chi connectivity index (χ0n) is 24.1. The molecule has 3 N–H and O–H groups in total. The quantitative estimate of drug-likeness (QED) is 0.297. The van der Waals surface area contributed by atoms with E-state index >= 15 is 0 Å². The first kappa shape index (κ1) is 27.9. The van der Waals surface area contributed by atoms with Crippen molar-refractivity contribution in [3.05, 3.63) is 0 Å². The minimum atomic E-state index is 0.489. The van der Waals surface area contributed by atoms with E-state index in [1.165, 1.54) is 77.0 Å². The van der Waals surface area contributed by atoms with Crippen molar-refractivity contribution in [1.82, 2.24) is 5.32 Å². The third kappa shape index (κ3) is 6.14. The van der Waals surface area contributed by atoms with Crippen LogP contribution in [-0.2, 0) is 4.74 Å². The minimum Gasteiger partial charge on any atom is -0.377 e. The van der Waals surface area contributed by atoms with Gasteiger partial charge in [-0.1, -0.05) is 53.9 Å². The van der Waals surface area contributed by atoms with Gasteiger partial charge >= 0.3 is 0 Å².